The number of fused-ring (bicyclic) bond motifs is 2. The summed E-state index contributed by atoms with van der Waals surface area (Å²) in [6, 6.07) is 8.38. The normalized spacial score (nSPS) is 29.2. The fourth-order valence-electron chi connectivity index (χ4n) is 4.01. The molecule has 0 aromatic heterocycles. The van der Waals surface area contributed by atoms with Crippen LogP contribution in [0.5, 0.6) is 0 Å². The van der Waals surface area contributed by atoms with E-state index in [4.69, 9.17) is 5.73 Å². The van der Waals surface area contributed by atoms with Gasteiger partial charge in [0.1, 0.15) is 0 Å². The van der Waals surface area contributed by atoms with Gasteiger partial charge in [-0.15, -0.1) is 12.4 Å². The molecule has 4 unspecified atom stereocenters. The highest BCUT2D eigenvalue weighted by Gasteiger charge is 2.49. The summed E-state index contributed by atoms with van der Waals surface area (Å²) in [5, 5.41) is 0. The Morgan fingerprint density at radius 3 is 2.50 bits per heavy atom. The van der Waals surface area contributed by atoms with E-state index >= 15 is 0 Å². The molecule has 122 valence electrons. The van der Waals surface area contributed by atoms with Gasteiger partial charge in [-0.05, 0) is 55.2 Å². The third-order valence-electron chi connectivity index (χ3n) is 5.29. The van der Waals surface area contributed by atoms with Crippen LogP contribution < -0.4 is 5.73 Å². The number of nitrogens with zero attached hydrogens (tertiary/aromatic N) is 1. The van der Waals surface area contributed by atoms with Gasteiger partial charge >= 0.3 is 0 Å². The maximum Gasteiger partial charge on any atom is 0.227 e. The van der Waals surface area contributed by atoms with E-state index < -0.39 is 0 Å². The fraction of sp³-hybridized carbons (Fsp3) is 0.588. The molecule has 0 aliphatic heterocycles. The van der Waals surface area contributed by atoms with Crippen LogP contribution in [0.2, 0.25) is 0 Å². The lowest BCUT2D eigenvalue weighted by Crippen LogP contribution is -2.46. The molecule has 1 amide bonds. The van der Waals surface area contributed by atoms with Crippen LogP contribution in [0, 0.1) is 17.8 Å². The van der Waals surface area contributed by atoms with Crippen molar-refractivity contribution in [3.05, 3.63) is 34.3 Å². The maximum absolute atomic E-state index is 12.7. The van der Waals surface area contributed by atoms with Crippen molar-refractivity contribution in [1.82, 2.24) is 4.90 Å². The van der Waals surface area contributed by atoms with Crippen molar-refractivity contribution in [2.75, 3.05) is 13.6 Å². The highest BCUT2D eigenvalue weighted by atomic mass is 79.9. The minimum atomic E-state index is 0. The molecule has 3 nitrogen and oxygen atoms in total. The van der Waals surface area contributed by atoms with E-state index in [2.05, 4.69) is 28.1 Å². The Hall–Kier alpha value is -0.580. The average Bonchev–Trinajstić information content (AvgIpc) is 3.06. The number of benzene rings is 1. The van der Waals surface area contributed by atoms with Crippen molar-refractivity contribution in [2.45, 2.75) is 31.7 Å². The van der Waals surface area contributed by atoms with Gasteiger partial charge < -0.3 is 10.6 Å². The Morgan fingerprint density at radius 1 is 1.27 bits per heavy atom. The molecule has 5 heteroatoms. The molecule has 2 aliphatic carbocycles. The number of rotatable bonds is 4. The van der Waals surface area contributed by atoms with E-state index in [-0.39, 0.29) is 30.3 Å². The minimum absolute atomic E-state index is 0. The highest BCUT2D eigenvalue weighted by Crippen LogP contribution is 2.48. The monoisotopic (exact) mass is 386 g/mol. The number of halogens is 2. The molecule has 1 aromatic rings. The number of carbonyl (C=O) groups excluding carboxylic acids is 1. The van der Waals surface area contributed by atoms with Gasteiger partial charge in [-0.3, -0.25) is 4.79 Å². The zero-order valence-corrected chi connectivity index (χ0v) is 15.3. The molecular weight excluding hydrogens is 364 g/mol. The summed E-state index contributed by atoms with van der Waals surface area (Å²) in [6.45, 7) is 0.765. The molecule has 2 fully saturated rings. The number of hydrogen-bond acceptors (Lipinski definition) is 2. The van der Waals surface area contributed by atoms with E-state index in [1.165, 1.54) is 18.4 Å². The first-order valence-corrected chi connectivity index (χ1v) is 8.60. The molecule has 2 saturated carbocycles. The Kier molecular flexibility index (Phi) is 5.92. The first kappa shape index (κ1) is 17.8. The Bertz CT molecular complexity index is 520. The SMILES string of the molecule is CN(CCc1ccc(Br)cc1)C(=O)C1C2CCC(C2)C1N.Cl. The van der Waals surface area contributed by atoms with Gasteiger partial charge in [0, 0.05) is 24.1 Å². The highest BCUT2D eigenvalue weighted by molar-refractivity contribution is 9.10. The lowest BCUT2D eigenvalue weighted by atomic mass is 9.84. The van der Waals surface area contributed by atoms with Crippen molar-refractivity contribution < 1.29 is 4.79 Å². The van der Waals surface area contributed by atoms with E-state index in [0.717, 1.165) is 23.9 Å². The van der Waals surface area contributed by atoms with Crippen molar-refractivity contribution in [3.8, 4) is 0 Å². The van der Waals surface area contributed by atoms with Gasteiger partial charge in [-0.25, -0.2) is 0 Å². The zero-order valence-electron chi connectivity index (χ0n) is 12.9. The third-order valence-corrected chi connectivity index (χ3v) is 5.82. The van der Waals surface area contributed by atoms with Crippen LogP contribution in [-0.4, -0.2) is 30.4 Å². The number of hydrogen-bond donors (Lipinski definition) is 1. The van der Waals surface area contributed by atoms with E-state index in [0.29, 0.717) is 11.8 Å². The Morgan fingerprint density at radius 2 is 1.91 bits per heavy atom. The number of amides is 1. The molecule has 0 spiro atoms. The molecule has 0 radical (unpaired) electrons. The maximum atomic E-state index is 12.7. The second-order valence-electron chi connectivity index (χ2n) is 6.57. The fourth-order valence-corrected chi connectivity index (χ4v) is 4.28. The van der Waals surface area contributed by atoms with Gasteiger partial charge in [-0.2, -0.15) is 0 Å². The van der Waals surface area contributed by atoms with Gasteiger partial charge in [0.25, 0.3) is 0 Å². The van der Waals surface area contributed by atoms with Crippen molar-refractivity contribution >= 4 is 34.2 Å². The average molecular weight is 388 g/mol. The summed E-state index contributed by atoms with van der Waals surface area (Å²) >= 11 is 3.44. The lowest BCUT2D eigenvalue weighted by Gasteiger charge is -2.30. The zero-order chi connectivity index (χ0) is 15.0. The van der Waals surface area contributed by atoms with E-state index in [1.54, 1.807) is 0 Å². The molecule has 0 saturated heterocycles. The molecule has 4 atom stereocenters. The second kappa shape index (κ2) is 7.33. The smallest absolute Gasteiger partial charge is 0.227 e. The summed E-state index contributed by atoms with van der Waals surface area (Å²) in [6.07, 6.45) is 4.47. The largest absolute Gasteiger partial charge is 0.345 e. The summed E-state index contributed by atoms with van der Waals surface area (Å²) < 4.78 is 1.09. The molecule has 2 N–H and O–H groups in total. The predicted octanol–water partition coefficient (Wildman–Crippen LogP) is 3.25. The quantitative estimate of drug-likeness (QED) is 0.862. The van der Waals surface area contributed by atoms with Crippen LogP contribution in [0.3, 0.4) is 0 Å². The molecular formula is C17H24BrClN2O. The van der Waals surface area contributed by atoms with Crippen LogP contribution in [0.25, 0.3) is 0 Å². The number of carbonyl (C=O) groups is 1. The summed E-state index contributed by atoms with van der Waals surface area (Å²) in [7, 11) is 1.92. The van der Waals surface area contributed by atoms with Crippen LogP contribution in [-0.2, 0) is 11.2 Å². The molecule has 2 bridgehead atoms. The van der Waals surface area contributed by atoms with Crippen LogP contribution in [0.1, 0.15) is 24.8 Å². The number of likely N-dealkylation sites (N-methyl/N-ethyl adjacent to an activating group) is 1. The topological polar surface area (TPSA) is 46.3 Å². The summed E-state index contributed by atoms with van der Waals surface area (Å²) in [5.41, 5.74) is 7.53. The van der Waals surface area contributed by atoms with Gasteiger partial charge in [0.05, 0.1) is 5.92 Å². The first-order valence-electron chi connectivity index (χ1n) is 7.81. The van der Waals surface area contributed by atoms with Crippen LogP contribution in [0.15, 0.2) is 28.7 Å². The predicted molar refractivity (Wildman–Crippen MR) is 95.0 cm³/mol. The molecule has 22 heavy (non-hydrogen) atoms. The van der Waals surface area contributed by atoms with Crippen LogP contribution in [0.4, 0.5) is 0 Å². The van der Waals surface area contributed by atoms with Gasteiger partial charge in [0.15, 0.2) is 0 Å². The molecule has 3 rings (SSSR count). The molecule has 0 heterocycles. The lowest BCUT2D eigenvalue weighted by molar-refractivity contribution is -0.136. The standard InChI is InChI=1S/C17H23BrN2O.ClH/c1-20(9-8-11-2-6-14(18)7-3-11)17(21)15-12-4-5-13(10-12)16(15)19;/h2-3,6-7,12-13,15-16H,4-5,8-10,19H2,1H3;1H. The van der Waals surface area contributed by atoms with Gasteiger partial charge in [0.2, 0.25) is 5.91 Å². The summed E-state index contributed by atoms with van der Waals surface area (Å²) in [5.74, 6) is 1.45. The summed E-state index contributed by atoms with van der Waals surface area (Å²) in [4.78, 5) is 14.5. The molecule has 1 aromatic carbocycles. The van der Waals surface area contributed by atoms with Gasteiger partial charge in [-0.1, -0.05) is 28.1 Å². The van der Waals surface area contributed by atoms with Crippen molar-refractivity contribution in [2.24, 2.45) is 23.5 Å². The second-order valence-corrected chi connectivity index (χ2v) is 7.49. The first-order chi connectivity index (χ1) is 10.1. The Labute approximate surface area is 147 Å². The minimum Gasteiger partial charge on any atom is -0.345 e. The molecule has 2 aliphatic rings. The van der Waals surface area contributed by atoms with Crippen LogP contribution >= 0.6 is 28.3 Å². The number of nitrogens with two attached hydrogens (primary N) is 1. The van der Waals surface area contributed by atoms with E-state index in [1.807, 2.05) is 24.1 Å². The van der Waals surface area contributed by atoms with E-state index in [9.17, 15) is 4.79 Å². The van der Waals surface area contributed by atoms with Crippen molar-refractivity contribution in [3.63, 3.8) is 0 Å². The third kappa shape index (κ3) is 3.50. The Balaban J connectivity index is 0.00000176. The van der Waals surface area contributed by atoms with Crippen molar-refractivity contribution in [1.29, 1.82) is 0 Å².